The Bertz CT molecular complexity index is 633. The van der Waals surface area contributed by atoms with E-state index >= 15 is 0 Å². The third-order valence-corrected chi connectivity index (χ3v) is 6.66. The number of sulfonamides is 1. The lowest BCUT2D eigenvalue weighted by molar-refractivity contribution is 0.415. The molecule has 4 nitrogen and oxygen atoms in total. The minimum absolute atomic E-state index is 0.110. The Labute approximate surface area is 124 Å². The van der Waals surface area contributed by atoms with E-state index in [9.17, 15) is 8.42 Å². The fourth-order valence-electron chi connectivity index (χ4n) is 2.12. The molecule has 0 aliphatic carbocycles. The van der Waals surface area contributed by atoms with Gasteiger partial charge in [0.1, 0.15) is 0 Å². The molecule has 0 aromatic heterocycles. The van der Waals surface area contributed by atoms with Crippen LogP contribution in [-0.2, 0) is 10.0 Å². The van der Waals surface area contributed by atoms with E-state index in [4.69, 9.17) is 5.26 Å². The van der Waals surface area contributed by atoms with Gasteiger partial charge in [0.15, 0.2) is 0 Å². The van der Waals surface area contributed by atoms with Crippen LogP contribution in [0.5, 0.6) is 0 Å². The van der Waals surface area contributed by atoms with Crippen molar-refractivity contribution in [1.82, 2.24) is 4.31 Å². The zero-order valence-corrected chi connectivity index (χ0v) is 13.3. The average molecular weight is 310 g/mol. The predicted molar refractivity (Wildman–Crippen MR) is 81.1 cm³/mol. The molecule has 108 valence electrons. The molecule has 6 heteroatoms. The van der Waals surface area contributed by atoms with Crippen molar-refractivity contribution in [2.75, 3.05) is 18.8 Å². The van der Waals surface area contributed by atoms with Gasteiger partial charge in [0, 0.05) is 23.6 Å². The molecule has 2 rings (SSSR count). The van der Waals surface area contributed by atoms with Crippen molar-refractivity contribution in [2.24, 2.45) is 0 Å². The molecule has 1 heterocycles. The maximum Gasteiger partial charge on any atom is 0.243 e. The van der Waals surface area contributed by atoms with Crippen LogP contribution in [0.2, 0.25) is 0 Å². The molecule has 0 unspecified atom stereocenters. The quantitative estimate of drug-likeness (QED) is 0.842. The van der Waals surface area contributed by atoms with Crippen molar-refractivity contribution in [2.45, 2.75) is 29.9 Å². The lowest BCUT2D eigenvalue weighted by Gasteiger charge is -2.22. The van der Waals surface area contributed by atoms with Crippen molar-refractivity contribution in [3.05, 3.63) is 29.8 Å². The minimum Gasteiger partial charge on any atom is -0.207 e. The highest BCUT2D eigenvalue weighted by Gasteiger charge is 2.30. The number of benzene rings is 1. The molecule has 1 aromatic carbocycles. The molecular formula is C14H18N2O2S2. The van der Waals surface area contributed by atoms with E-state index in [2.05, 4.69) is 13.8 Å². The number of nitriles is 1. The summed E-state index contributed by atoms with van der Waals surface area (Å²) in [7, 11) is -3.50. The van der Waals surface area contributed by atoms with Crippen LogP contribution in [-0.4, -0.2) is 36.3 Å². The summed E-state index contributed by atoms with van der Waals surface area (Å²) < 4.78 is 26.9. The molecule has 0 radical (unpaired) electrons. The van der Waals surface area contributed by atoms with Crippen LogP contribution in [0, 0.1) is 11.3 Å². The Morgan fingerprint density at radius 1 is 1.35 bits per heavy atom. The van der Waals surface area contributed by atoms with Crippen LogP contribution in [0.15, 0.2) is 29.2 Å². The second kappa shape index (κ2) is 5.76. The van der Waals surface area contributed by atoms with Gasteiger partial charge in [-0.15, -0.1) is 0 Å². The Kier molecular flexibility index (Phi) is 4.43. The average Bonchev–Trinajstić information content (AvgIpc) is 2.60. The summed E-state index contributed by atoms with van der Waals surface area (Å²) in [6.07, 6.45) is 0.828. The molecule has 20 heavy (non-hydrogen) atoms. The van der Waals surface area contributed by atoms with Crippen LogP contribution in [0.4, 0.5) is 0 Å². The van der Waals surface area contributed by atoms with Gasteiger partial charge in [0.05, 0.1) is 16.5 Å². The SMILES string of the molecule is CC1(C)CCN(S(=O)(=O)c2cccc(C#N)c2)CCS1. The van der Waals surface area contributed by atoms with E-state index in [-0.39, 0.29) is 9.64 Å². The molecule has 1 aromatic rings. The van der Waals surface area contributed by atoms with Crippen molar-refractivity contribution in [3.63, 3.8) is 0 Å². The van der Waals surface area contributed by atoms with Crippen LogP contribution < -0.4 is 0 Å². The second-order valence-corrected chi connectivity index (χ2v) is 9.14. The maximum atomic E-state index is 12.6. The van der Waals surface area contributed by atoms with Gasteiger partial charge in [0.2, 0.25) is 10.0 Å². The zero-order valence-electron chi connectivity index (χ0n) is 11.7. The number of rotatable bonds is 2. The molecule has 0 bridgehead atoms. The van der Waals surface area contributed by atoms with E-state index < -0.39 is 10.0 Å². The van der Waals surface area contributed by atoms with Gasteiger partial charge in [-0.2, -0.15) is 21.3 Å². The first-order valence-electron chi connectivity index (χ1n) is 6.49. The molecule has 0 atom stereocenters. The van der Waals surface area contributed by atoms with Crippen LogP contribution >= 0.6 is 11.8 Å². The predicted octanol–water partition coefficient (Wildman–Crippen LogP) is 2.46. The summed E-state index contributed by atoms with van der Waals surface area (Å²) in [6, 6.07) is 8.20. The van der Waals surface area contributed by atoms with Gasteiger partial charge in [0.25, 0.3) is 0 Å². The van der Waals surface area contributed by atoms with E-state index in [0.717, 1.165) is 12.2 Å². The first kappa shape index (κ1) is 15.4. The smallest absolute Gasteiger partial charge is 0.207 e. The summed E-state index contributed by atoms with van der Waals surface area (Å²) >= 11 is 1.81. The zero-order chi connectivity index (χ0) is 14.8. The highest BCUT2D eigenvalue weighted by Crippen LogP contribution is 2.32. The summed E-state index contributed by atoms with van der Waals surface area (Å²) in [6.45, 7) is 5.33. The first-order valence-corrected chi connectivity index (χ1v) is 8.92. The Balaban J connectivity index is 2.28. The highest BCUT2D eigenvalue weighted by atomic mass is 32.2. The molecule has 1 aliphatic heterocycles. The highest BCUT2D eigenvalue weighted by molar-refractivity contribution is 8.00. The number of hydrogen-bond acceptors (Lipinski definition) is 4. The molecular weight excluding hydrogens is 292 g/mol. The van der Waals surface area contributed by atoms with Gasteiger partial charge in [-0.25, -0.2) is 8.42 Å². The van der Waals surface area contributed by atoms with Gasteiger partial charge in [-0.3, -0.25) is 0 Å². The molecule has 0 N–H and O–H groups in total. The van der Waals surface area contributed by atoms with Crippen molar-refractivity contribution in [1.29, 1.82) is 5.26 Å². The summed E-state index contributed by atoms with van der Waals surface area (Å²) in [5, 5.41) is 8.89. The molecule has 1 fully saturated rings. The van der Waals surface area contributed by atoms with Gasteiger partial charge < -0.3 is 0 Å². The van der Waals surface area contributed by atoms with E-state index in [1.807, 2.05) is 6.07 Å². The van der Waals surface area contributed by atoms with E-state index in [1.54, 1.807) is 30.0 Å². The molecule has 1 aliphatic rings. The van der Waals surface area contributed by atoms with Crippen LogP contribution in [0.1, 0.15) is 25.8 Å². The van der Waals surface area contributed by atoms with Gasteiger partial charge in [-0.05, 0) is 24.6 Å². The minimum atomic E-state index is -3.50. The second-order valence-electron chi connectivity index (χ2n) is 5.40. The van der Waals surface area contributed by atoms with Crippen molar-refractivity contribution >= 4 is 21.8 Å². The number of nitrogens with zero attached hydrogens (tertiary/aromatic N) is 2. The van der Waals surface area contributed by atoms with E-state index in [0.29, 0.717) is 18.7 Å². The lowest BCUT2D eigenvalue weighted by Crippen LogP contribution is -2.33. The fourth-order valence-corrected chi connectivity index (χ4v) is 4.82. The lowest BCUT2D eigenvalue weighted by atomic mass is 10.1. The largest absolute Gasteiger partial charge is 0.243 e. The molecule has 0 amide bonds. The summed E-state index contributed by atoms with van der Waals surface area (Å²) in [5.74, 6) is 0.796. The number of thioether (sulfide) groups is 1. The molecule has 0 saturated carbocycles. The van der Waals surface area contributed by atoms with Gasteiger partial charge >= 0.3 is 0 Å². The van der Waals surface area contributed by atoms with E-state index in [1.165, 1.54) is 10.4 Å². The normalized spacial score (nSPS) is 20.1. The van der Waals surface area contributed by atoms with Crippen LogP contribution in [0.25, 0.3) is 0 Å². The molecule has 1 saturated heterocycles. The third-order valence-electron chi connectivity index (χ3n) is 3.40. The Hall–Kier alpha value is -1.03. The maximum absolute atomic E-state index is 12.6. The Morgan fingerprint density at radius 2 is 2.10 bits per heavy atom. The summed E-state index contributed by atoms with van der Waals surface area (Å²) in [4.78, 5) is 0.209. The number of hydrogen-bond donors (Lipinski definition) is 0. The topological polar surface area (TPSA) is 61.2 Å². The first-order chi connectivity index (χ1) is 9.35. The van der Waals surface area contributed by atoms with Crippen LogP contribution in [0.3, 0.4) is 0 Å². The fraction of sp³-hybridized carbons (Fsp3) is 0.500. The van der Waals surface area contributed by atoms with Crippen molar-refractivity contribution < 1.29 is 8.42 Å². The Morgan fingerprint density at radius 3 is 2.80 bits per heavy atom. The monoisotopic (exact) mass is 310 g/mol. The molecule has 0 spiro atoms. The third kappa shape index (κ3) is 3.35. The standard InChI is InChI=1S/C14H18N2O2S2/c1-14(2)6-7-16(8-9-19-14)20(17,18)13-5-3-4-12(10-13)11-15/h3-5,10H,6-9H2,1-2H3. The van der Waals surface area contributed by atoms with Crippen molar-refractivity contribution in [3.8, 4) is 6.07 Å². The van der Waals surface area contributed by atoms with Gasteiger partial charge in [-0.1, -0.05) is 19.9 Å². The summed E-state index contributed by atoms with van der Waals surface area (Å²) in [5.41, 5.74) is 0.371.